The van der Waals surface area contributed by atoms with Crippen LogP contribution in [-0.4, -0.2) is 35.7 Å². The summed E-state index contributed by atoms with van der Waals surface area (Å²) in [6.45, 7) is 3.01. The van der Waals surface area contributed by atoms with Gasteiger partial charge in [-0.3, -0.25) is 4.79 Å². The molecular weight excluding hydrogens is 394 g/mol. The second-order valence-electron chi connectivity index (χ2n) is 7.05. The number of carbonyl (C=O) groups is 1. The van der Waals surface area contributed by atoms with Crippen molar-refractivity contribution in [1.29, 1.82) is 5.26 Å². The molecule has 0 aliphatic rings. The van der Waals surface area contributed by atoms with Crippen LogP contribution in [0.15, 0.2) is 55.1 Å². The fraction of sp³-hybridized carbons (Fsp3) is 0.261. The Kier molecular flexibility index (Phi) is 7.12. The minimum absolute atomic E-state index is 0.0412. The SMILES string of the molecule is COc1ccc(CNC(=O)c2cc(C#N)ccc2NC(C)Cn2ccnc2)cc1OC. The maximum Gasteiger partial charge on any atom is 0.253 e. The van der Waals surface area contributed by atoms with Crippen molar-refractivity contribution >= 4 is 11.6 Å². The summed E-state index contributed by atoms with van der Waals surface area (Å²) in [7, 11) is 3.14. The molecular formula is C23H25N5O3. The van der Waals surface area contributed by atoms with Crippen molar-refractivity contribution in [3.63, 3.8) is 0 Å². The van der Waals surface area contributed by atoms with Gasteiger partial charge in [0.05, 0.1) is 37.7 Å². The molecule has 160 valence electrons. The lowest BCUT2D eigenvalue weighted by atomic mass is 10.1. The second-order valence-corrected chi connectivity index (χ2v) is 7.05. The van der Waals surface area contributed by atoms with E-state index in [0.29, 0.717) is 41.4 Å². The van der Waals surface area contributed by atoms with Gasteiger partial charge in [0.2, 0.25) is 0 Å². The van der Waals surface area contributed by atoms with Crippen molar-refractivity contribution < 1.29 is 14.3 Å². The molecule has 0 aliphatic carbocycles. The monoisotopic (exact) mass is 419 g/mol. The Bertz CT molecular complexity index is 1070. The fourth-order valence-electron chi connectivity index (χ4n) is 3.22. The molecule has 0 aliphatic heterocycles. The highest BCUT2D eigenvalue weighted by molar-refractivity contribution is 6.00. The number of hydrogen-bond donors (Lipinski definition) is 2. The van der Waals surface area contributed by atoms with Gasteiger partial charge in [-0.2, -0.15) is 5.26 Å². The summed E-state index contributed by atoms with van der Waals surface area (Å²) in [6.07, 6.45) is 5.35. The maximum absolute atomic E-state index is 13.0. The lowest BCUT2D eigenvalue weighted by Crippen LogP contribution is -2.27. The highest BCUT2D eigenvalue weighted by atomic mass is 16.5. The van der Waals surface area contributed by atoms with Crippen LogP contribution in [0.3, 0.4) is 0 Å². The third-order valence-electron chi connectivity index (χ3n) is 4.74. The van der Waals surface area contributed by atoms with Gasteiger partial charge in [-0.15, -0.1) is 0 Å². The summed E-state index contributed by atoms with van der Waals surface area (Å²) < 4.78 is 12.5. The maximum atomic E-state index is 13.0. The number of ether oxygens (including phenoxy) is 2. The van der Waals surface area contributed by atoms with Gasteiger partial charge in [0.25, 0.3) is 5.91 Å². The molecule has 3 rings (SSSR count). The zero-order valence-electron chi connectivity index (χ0n) is 17.8. The summed E-state index contributed by atoms with van der Waals surface area (Å²) in [5, 5.41) is 15.5. The van der Waals surface area contributed by atoms with Crippen molar-refractivity contribution in [3.8, 4) is 17.6 Å². The molecule has 2 aromatic carbocycles. The Labute approximate surface area is 181 Å². The van der Waals surface area contributed by atoms with Crippen molar-refractivity contribution in [2.24, 2.45) is 0 Å². The van der Waals surface area contributed by atoms with Gasteiger partial charge in [0.15, 0.2) is 11.5 Å². The van der Waals surface area contributed by atoms with Gasteiger partial charge < -0.3 is 24.7 Å². The topological polar surface area (TPSA) is 101 Å². The largest absolute Gasteiger partial charge is 0.493 e. The molecule has 0 saturated carbocycles. The number of carbonyl (C=O) groups excluding carboxylic acids is 1. The van der Waals surface area contributed by atoms with Gasteiger partial charge >= 0.3 is 0 Å². The van der Waals surface area contributed by atoms with Crippen LogP contribution in [-0.2, 0) is 13.1 Å². The van der Waals surface area contributed by atoms with E-state index in [1.54, 1.807) is 51.0 Å². The van der Waals surface area contributed by atoms with Crippen LogP contribution in [0.5, 0.6) is 11.5 Å². The zero-order valence-corrected chi connectivity index (χ0v) is 17.8. The van der Waals surface area contributed by atoms with Crippen LogP contribution < -0.4 is 20.1 Å². The molecule has 0 saturated heterocycles. The van der Waals surface area contributed by atoms with Gasteiger partial charge in [-0.25, -0.2) is 4.98 Å². The van der Waals surface area contributed by atoms with Crippen LogP contribution in [0.25, 0.3) is 0 Å². The van der Waals surface area contributed by atoms with Gasteiger partial charge in [0.1, 0.15) is 0 Å². The predicted molar refractivity (Wildman–Crippen MR) is 117 cm³/mol. The second kappa shape index (κ2) is 10.2. The minimum atomic E-state index is -0.274. The van der Waals surface area contributed by atoms with Gasteiger partial charge in [-0.05, 0) is 42.8 Å². The Balaban J connectivity index is 1.74. The minimum Gasteiger partial charge on any atom is -0.493 e. The average Bonchev–Trinajstić information content (AvgIpc) is 3.30. The van der Waals surface area contributed by atoms with E-state index in [1.807, 2.05) is 29.8 Å². The number of anilines is 1. The van der Waals surface area contributed by atoms with E-state index in [9.17, 15) is 10.1 Å². The molecule has 1 heterocycles. The molecule has 0 bridgehead atoms. The number of benzene rings is 2. The molecule has 2 N–H and O–H groups in total. The van der Waals surface area contributed by atoms with E-state index in [0.717, 1.165) is 5.56 Å². The molecule has 8 heteroatoms. The lowest BCUT2D eigenvalue weighted by molar-refractivity contribution is 0.0951. The Morgan fingerprint density at radius 1 is 1.19 bits per heavy atom. The zero-order chi connectivity index (χ0) is 22.2. The third kappa shape index (κ3) is 5.54. The van der Waals surface area contributed by atoms with Crippen molar-refractivity contribution in [2.45, 2.75) is 26.1 Å². The van der Waals surface area contributed by atoms with Crippen LogP contribution in [0.1, 0.15) is 28.4 Å². The number of nitrogens with zero attached hydrogens (tertiary/aromatic N) is 3. The third-order valence-corrected chi connectivity index (χ3v) is 4.74. The number of imidazole rings is 1. The summed E-state index contributed by atoms with van der Waals surface area (Å²) in [5.41, 5.74) is 2.36. The van der Waals surface area contributed by atoms with Crippen LogP contribution in [0.2, 0.25) is 0 Å². The molecule has 0 radical (unpaired) electrons. The van der Waals surface area contributed by atoms with E-state index < -0.39 is 0 Å². The molecule has 1 amide bonds. The predicted octanol–water partition coefficient (Wildman–Crippen LogP) is 3.20. The number of rotatable bonds is 9. The van der Waals surface area contributed by atoms with Gasteiger partial charge in [-0.1, -0.05) is 6.07 Å². The first kappa shape index (κ1) is 21.7. The lowest BCUT2D eigenvalue weighted by Gasteiger charge is -2.19. The standard InChI is InChI=1S/C23H25N5O3/c1-16(14-28-9-8-25-15-28)27-20-6-4-17(12-24)10-19(20)23(29)26-13-18-5-7-21(30-2)22(11-18)31-3/h4-11,15-16,27H,13-14H2,1-3H3,(H,26,29). The number of methoxy groups -OCH3 is 2. The Morgan fingerprint density at radius 3 is 2.68 bits per heavy atom. The highest BCUT2D eigenvalue weighted by Crippen LogP contribution is 2.27. The molecule has 1 aromatic heterocycles. The van der Waals surface area contributed by atoms with Crippen molar-refractivity contribution in [3.05, 3.63) is 71.8 Å². The quantitative estimate of drug-likeness (QED) is 0.552. The molecule has 1 unspecified atom stereocenters. The first-order valence-corrected chi connectivity index (χ1v) is 9.79. The summed E-state index contributed by atoms with van der Waals surface area (Å²) in [6, 6.07) is 12.6. The Hall–Kier alpha value is -3.99. The van der Waals surface area contributed by atoms with E-state index in [2.05, 4.69) is 21.7 Å². The molecule has 31 heavy (non-hydrogen) atoms. The summed E-state index contributed by atoms with van der Waals surface area (Å²) in [5.74, 6) is 0.943. The van der Waals surface area contributed by atoms with E-state index >= 15 is 0 Å². The average molecular weight is 419 g/mol. The van der Waals surface area contributed by atoms with E-state index in [-0.39, 0.29) is 11.9 Å². The van der Waals surface area contributed by atoms with Crippen molar-refractivity contribution in [1.82, 2.24) is 14.9 Å². The number of nitrogens with one attached hydrogen (secondary N) is 2. The smallest absolute Gasteiger partial charge is 0.253 e. The first-order chi connectivity index (χ1) is 15.0. The number of nitriles is 1. The van der Waals surface area contributed by atoms with E-state index in [1.165, 1.54) is 0 Å². The highest BCUT2D eigenvalue weighted by Gasteiger charge is 2.15. The van der Waals surface area contributed by atoms with Crippen LogP contribution in [0, 0.1) is 11.3 Å². The van der Waals surface area contributed by atoms with E-state index in [4.69, 9.17) is 9.47 Å². The normalized spacial score (nSPS) is 11.3. The summed E-state index contributed by atoms with van der Waals surface area (Å²) >= 11 is 0. The molecule has 0 fully saturated rings. The van der Waals surface area contributed by atoms with Gasteiger partial charge in [0, 0.05) is 37.2 Å². The van der Waals surface area contributed by atoms with Crippen LogP contribution >= 0.6 is 0 Å². The molecule has 3 aromatic rings. The number of amides is 1. The number of hydrogen-bond acceptors (Lipinski definition) is 6. The molecule has 1 atom stereocenters. The first-order valence-electron chi connectivity index (χ1n) is 9.79. The van der Waals surface area contributed by atoms with Crippen LogP contribution in [0.4, 0.5) is 5.69 Å². The molecule has 0 spiro atoms. The number of aromatic nitrogens is 2. The fourth-order valence-corrected chi connectivity index (χ4v) is 3.22. The van der Waals surface area contributed by atoms with Crippen molar-refractivity contribution in [2.75, 3.05) is 19.5 Å². The molecule has 8 nitrogen and oxygen atoms in total. The summed E-state index contributed by atoms with van der Waals surface area (Å²) in [4.78, 5) is 17.0. The Morgan fingerprint density at radius 2 is 2.00 bits per heavy atom.